The van der Waals surface area contributed by atoms with Crippen molar-refractivity contribution in [3.63, 3.8) is 0 Å². The Balaban J connectivity index is 1.32. The Labute approximate surface area is 207 Å². The van der Waals surface area contributed by atoms with Crippen LogP contribution < -0.4 is 14.4 Å². The van der Waals surface area contributed by atoms with E-state index >= 15 is 0 Å². The van der Waals surface area contributed by atoms with Crippen molar-refractivity contribution in [2.75, 3.05) is 38.2 Å². The van der Waals surface area contributed by atoms with Gasteiger partial charge in [0.1, 0.15) is 29.5 Å². The normalized spacial score (nSPS) is 14.1. The number of pyridine rings is 1. The van der Waals surface area contributed by atoms with E-state index in [9.17, 15) is 4.79 Å². The molecule has 1 aliphatic rings. The van der Waals surface area contributed by atoms with Crippen molar-refractivity contribution < 1.29 is 19.0 Å². The number of methoxy groups -OCH3 is 1. The molecule has 2 heterocycles. The molecule has 0 unspecified atom stereocenters. The molecule has 0 aliphatic carbocycles. The summed E-state index contributed by atoms with van der Waals surface area (Å²) < 4.78 is 16.6. The molecule has 0 amide bonds. The van der Waals surface area contributed by atoms with Crippen LogP contribution in [0.4, 0.5) is 5.82 Å². The summed E-state index contributed by atoms with van der Waals surface area (Å²) in [4.78, 5) is 21.6. The third kappa shape index (κ3) is 6.73. The van der Waals surface area contributed by atoms with E-state index in [1.807, 2.05) is 38.1 Å². The summed E-state index contributed by atoms with van der Waals surface area (Å²) in [5.74, 6) is 1.95. The van der Waals surface area contributed by atoms with Gasteiger partial charge in [0.25, 0.3) is 0 Å². The maximum absolute atomic E-state index is 12.5. The molecule has 0 bridgehead atoms. The monoisotopic (exact) mass is 475 g/mol. The van der Waals surface area contributed by atoms with Crippen LogP contribution in [0.25, 0.3) is 0 Å². The number of nitrogens with zero attached hydrogens (tertiary/aromatic N) is 3. The molecule has 0 spiro atoms. The van der Waals surface area contributed by atoms with Gasteiger partial charge in [0.05, 0.1) is 13.2 Å². The molecule has 7 nitrogen and oxygen atoms in total. The molecule has 35 heavy (non-hydrogen) atoms. The number of ether oxygens (including phenoxy) is 3. The molecule has 0 N–H and O–H groups in total. The summed E-state index contributed by atoms with van der Waals surface area (Å²) in [6.45, 7) is 8.46. The Bertz CT molecular complexity index is 1130. The van der Waals surface area contributed by atoms with Crippen molar-refractivity contribution in [1.29, 1.82) is 0 Å². The molecule has 0 radical (unpaired) electrons. The van der Waals surface area contributed by atoms with E-state index in [4.69, 9.17) is 14.2 Å². The zero-order valence-corrected chi connectivity index (χ0v) is 20.6. The first-order valence-electron chi connectivity index (χ1n) is 12.0. The third-order valence-electron chi connectivity index (χ3n) is 5.87. The summed E-state index contributed by atoms with van der Waals surface area (Å²) in [6, 6.07) is 19.7. The predicted molar refractivity (Wildman–Crippen MR) is 136 cm³/mol. The molecule has 7 heteroatoms. The van der Waals surface area contributed by atoms with Gasteiger partial charge in [0, 0.05) is 45.0 Å². The first kappa shape index (κ1) is 24.5. The van der Waals surface area contributed by atoms with Gasteiger partial charge < -0.3 is 19.1 Å². The third-order valence-corrected chi connectivity index (χ3v) is 5.87. The van der Waals surface area contributed by atoms with Crippen LogP contribution in [0.2, 0.25) is 0 Å². The Hall–Kier alpha value is -3.58. The number of hydrogen-bond acceptors (Lipinski definition) is 7. The van der Waals surface area contributed by atoms with E-state index in [2.05, 4.69) is 39.0 Å². The lowest BCUT2D eigenvalue weighted by molar-refractivity contribution is 0.0378. The summed E-state index contributed by atoms with van der Waals surface area (Å²) in [7, 11) is 1.65. The van der Waals surface area contributed by atoms with Crippen LogP contribution in [0.3, 0.4) is 0 Å². The zero-order valence-electron chi connectivity index (χ0n) is 20.6. The quantitative estimate of drug-likeness (QED) is 0.421. The maximum atomic E-state index is 12.5. The largest absolute Gasteiger partial charge is 0.497 e. The summed E-state index contributed by atoms with van der Waals surface area (Å²) in [5.41, 5.74) is 2.91. The van der Waals surface area contributed by atoms with Crippen molar-refractivity contribution in [3.05, 3.63) is 83.6 Å². The fraction of sp³-hybridized carbons (Fsp3) is 0.357. The fourth-order valence-electron chi connectivity index (χ4n) is 4.14. The van der Waals surface area contributed by atoms with E-state index in [1.54, 1.807) is 25.4 Å². The second-order valence-electron chi connectivity index (χ2n) is 8.88. The molecular formula is C28H33N3O4. The molecule has 0 saturated carbocycles. The zero-order chi connectivity index (χ0) is 24.6. The van der Waals surface area contributed by atoms with E-state index in [0.29, 0.717) is 18.0 Å². The molecule has 1 saturated heterocycles. The maximum Gasteiger partial charge on any atom is 0.342 e. The van der Waals surface area contributed by atoms with Crippen LogP contribution in [-0.2, 0) is 17.9 Å². The minimum atomic E-state index is -0.321. The predicted octanol–water partition coefficient (Wildman–Crippen LogP) is 4.56. The van der Waals surface area contributed by atoms with Gasteiger partial charge in [-0.05, 0) is 49.2 Å². The number of esters is 1. The topological polar surface area (TPSA) is 64.1 Å². The summed E-state index contributed by atoms with van der Waals surface area (Å²) in [6.07, 6.45) is 1.57. The molecule has 1 aliphatic heterocycles. The highest BCUT2D eigenvalue weighted by molar-refractivity contribution is 5.94. The molecule has 184 valence electrons. The van der Waals surface area contributed by atoms with Crippen LogP contribution >= 0.6 is 0 Å². The number of aromatic nitrogens is 1. The number of carbonyl (C=O) groups is 1. The van der Waals surface area contributed by atoms with Crippen molar-refractivity contribution in [2.45, 2.75) is 33.1 Å². The highest BCUT2D eigenvalue weighted by Crippen LogP contribution is 2.22. The van der Waals surface area contributed by atoms with E-state index in [-0.39, 0.29) is 12.1 Å². The number of anilines is 1. The standard InChI is InChI=1S/C28H33N3O4/c1-21(2)35-28(32)26-11-6-12-29-27(26)31-15-13-30(14-16-31)19-22-7-4-8-23(17-22)20-34-25-10-5-9-24(18-25)33-3/h4-12,17-18,21H,13-16,19-20H2,1-3H3. The van der Waals surface area contributed by atoms with Gasteiger partial charge in [-0.15, -0.1) is 0 Å². The number of benzene rings is 2. The molecular weight excluding hydrogens is 442 g/mol. The van der Waals surface area contributed by atoms with Gasteiger partial charge in [-0.1, -0.05) is 30.3 Å². The smallest absolute Gasteiger partial charge is 0.342 e. The van der Waals surface area contributed by atoms with Crippen molar-refractivity contribution in [3.8, 4) is 11.5 Å². The Morgan fingerprint density at radius 3 is 2.46 bits per heavy atom. The van der Waals surface area contributed by atoms with Crippen LogP contribution in [0, 0.1) is 0 Å². The lowest BCUT2D eigenvalue weighted by atomic mass is 10.1. The van der Waals surface area contributed by atoms with E-state index in [1.165, 1.54) is 5.56 Å². The average Bonchev–Trinajstić information content (AvgIpc) is 2.88. The first-order valence-corrected chi connectivity index (χ1v) is 12.0. The van der Waals surface area contributed by atoms with E-state index in [0.717, 1.165) is 49.8 Å². The number of piperazine rings is 1. The molecule has 4 rings (SSSR count). The van der Waals surface area contributed by atoms with Crippen LogP contribution in [0.5, 0.6) is 11.5 Å². The van der Waals surface area contributed by atoms with Crippen molar-refractivity contribution in [2.24, 2.45) is 0 Å². The Morgan fingerprint density at radius 1 is 0.943 bits per heavy atom. The van der Waals surface area contributed by atoms with Gasteiger partial charge >= 0.3 is 5.97 Å². The fourth-order valence-corrected chi connectivity index (χ4v) is 4.14. The van der Waals surface area contributed by atoms with Gasteiger partial charge in [-0.2, -0.15) is 0 Å². The lowest BCUT2D eigenvalue weighted by Gasteiger charge is -2.36. The molecule has 0 atom stereocenters. The minimum absolute atomic E-state index is 0.163. The Morgan fingerprint density at radius 2 is 1.69 bits per heavy atom. The molecule has 1 fully saturated rings. The first-order chi connectivity index (χ1) is 17.0. The van der Waals surface area contributed by atoms with Crippen LogP contribution in [0.1, 0.15) is 35.3 Å². The number of hydrogen-bond donors (Lipinski definition) is 0. The van der Waals surface area contributed by atoms with Gasteiger partial charge in [-0.3, -0.25) is 4.90 Å². The SMILES string of the molecule is COc1cccc(OCc2cccc(CN3CCN(c4ncccc4C(=O)OC(C)C)CC3)c2)c1. The van der Waals surface area contributed by atoms with E-state index < -0.39 is 0 Å². The highest BCUT2D eigenvalue weighted by atomic mass is 16.5. The lowest BCUT2D eigenvalue weighted by Crippen LogP contribution is -2.46. The summed E-state index contributed by atoms with van der Waals surface area (Å²) in [5, 5.41) is 0. The molecule has 1 aromatic heterocycles. The van der Waals surface area contributed by atoms with Gasteiger partial charge in [0.15, 0.2) is 0 Å². The highest BCUT2D eigenvalue weighted by Gasteiger charge is 2.23. The van der Waals surface area contributed by atoms with Crippen molar-refractivity contribution in [1.82, 2.24) is 9.88 Å². The molecule has 2 aromatic carbocycles. The van der Waals surface area contributed by atoms with Crippen LogP contribution in [-0.4, -0.2) is 55.2 Å². The van der Waals surface area contributed by atoms with Crippen molar-refractivity contribution >= 4 is 11.8 Å². The minimum Gasteiger partial charge on any atom is -0.497 e. The van der Waals surface area contributed by atoms with Crippen LogP contribution in [0.15, 0.2) is 66.9 Å². The number of carbonyl (C=O) groups excluding carboxylic acids is 1. The number of rotatable bonds is 9. The second-order valence-corrected chi connectivity index (χ2v) is 8.88. The Kier molecular flexibility index (Phi) is 8.21. The van der Waals surface area contributed by atoms with Gasteiger partial charge in [-0.25, -0.2) is 9.78 Å². The van der Waals surface area contributed by atoms with Gasteiger partial charge in [0.2, 0.25) is 0 Å². The molecule has 3 aromatic rings. The summed E-state index contributed by atoms with van der Waals surface area (Å²) >= 11 is 0. The second kappa shape index (κ2) is 11.7. The average molecular weight is 476 g/mol.